The second-order valence-electron chi connectivity index (χ2n) is 2.78. The molecule has 0 aliphatic carbocycles. The van der Waals surface area contributed by atoms with Crippen molar-refractivity contribution in [1.29, 1.82) is 0 Å². The topological polar surface area (TPSA) is 37.8 Å². The second-order valence-corrected chi connectivity index (χ2v) is 4.10. The van der Waals surface area contributed by atoms with Crippen molar-refractivity contribution in [2.45, 2.75) is 16.7 Å². The first kappa shape index (κ1) is 8.01. The van der Waals surface area contributed by atoms with Crippen LogP contribution in [0, 0.1) is 0 Å². The monoisotopic (exact) mass is 181 g/mol. The molecule has 2 rings (SSSR count). The molecule has 1 N–H and O–H groups in total. The highest BCUT2D eigenvalue weighted by Crippen LogP contribution is 2.23. The molecule has 0 unspecified atom stereocenters. The van der Waals surface area contributed by atoms with E-state index in [9.17, 15) is 0 Å². The molecule has 1 fully saturated rings. The van der Waals surface area contributed by atoms with E-state index < -0.39 is 0 Å². The molecule has 0 bridgehead atoms. The maximum absolute atomic E-state index is 4.21. The van der Waals surface area contributed by atoms with E-state index in [1.54, 1.807) is 12.4 Å². The summed E-state index contributed by atoms with van der Waals surface area (Å²) in [5.41, 5.74) is 0. The van der Waals surface area contributed by atoms with Gasteiger partial charge in [-0.2, -0.15) is 0 Å². The number of aromatic nitrogens is 2. The summed E-state index contributed by atoms with van der Waals surface area (Å²) in [6, 6.07) is 0. The summed E-state index contributed by atoms with van der Waals surface area (Å²) in [6.07, 6.45) is 6.51. The van der Waals surface area contributed by atoms with Crippen molar-refractivity contribution in [3.63, 3.8) is 0 Å². The molecule has 2 heterocycles. The lowest BCUT2D eigenvalue weighted by Crippen LogP contribution is -2.10. The summed E-state index contributed by atoms with van der Waals surface area (Å²) >= 11 is 1.82. The molecule has 0 saturated carbocycles. The van der Waals surface area contributed by atoms with Crippen LogP contribution in [0.5, 0.6) is 0 Å². The van der Waals surface area contributed by atoms with E-state index in [0.717, 1.165) is 18.1 Å². The number of rotatable bonds is 2. The van der Waals surface area contributed by atoms with Gasteiger partial charge in [-0.25, -0.2) is 4.98 Å². The zero-order valence-corrected chi connectivity index (χ0v) is 7.55. The maximum Gasteiger partial charge on any atom is 0.115 e. The van der Waals surface area contributed by atoms with Gasteiger partial charge in [0, 0.05) is 24.2 Å². The predicted molar refractivity (Wildman–Crippen MR) is 49.2 cm³/mol. The van der Waals surface area contributed by atoms with Gasteiger partial charge < -0.3 is 5.32 Å². The largest absolute Gasteiger partial charge is 0.316 e. The van der Waals surface area contributed by atoms with Crippen molar-refractivity contribution in [1.82, 2.24) is 15.3 Å². The van der Waals surface area contributed by atoms with Crippen molar-refractivity contribution in [2.24, 2.45) is 0 Å². The lowest BCUT2D eigenvalue weighted by atomic mass is 10.4. The molecule has 1 aliphatic heterocycles. The fraction of sp³-hybridized carbons (Fsp3) is 0.500. The van der Waals surface area contributed by atoms with Gasteiger partial charge in [0.25, 0.3) is 0 Å². The quantitative estimate of drug-likeness (QED) is 0.736. The normalized spacial score (nSPS) is 22.8. The molecule has 0 radical (unpaired) electrons. The fourth-order valence-electron chi connectivity index (χ4n) is 1.25. The lowest BCUT2D eigenvalue weighted by molar-refractivity contribution is 0.858. The minimum Gasteiger partial charge on any atom is -0.316 e. The molecule has 1 aromatic heterocycles. The first-order chi connectivity index (χ1) is 5.95. The Labute approximate surface area is 76.0 Å². The molecule has 0 spiro atoms. The van der Waals surface area contributed by atoms with Gasteiger partial charge in [0.15, 0.2) is 0 Å². The SMILES string of the molecule is c1cnc(S[C@H]2CCNC2)cn1. The molecule has 3 nitrogen and oxygen atoms in total. The zero-order valence-electron chi connectivity index (χ0n) is 6.73. The van der Waals surface area contributed by atoms with Gasteiger partial charge in [-0.05, 0) is 13.0 Å². The highest BCUT2D eigenvalue weighted by molar-refractivity contribution is 7.99. The van der Waals surface area contributed by atoms with Crippen LogP contribution in [0.1, 0.15) is 6.42 Å². The average Bonchev–Trinajstić information content (AvgIpc) is 2.59. The van der Waals surface area contributed by atoms with E-state index in [1.807, 2.05) is 18.0 Å². The highest BCUT2D eigenvalue weighted by Gasteiger charge is 2.15. The Bertz CT molecular complexity index is 233. The summed E-state index contributed by atoms with van der Waals surface area (Å²) in [4.78, 5) is 8.24. The summed E-state index contributed by atoms with van der Waals surface area (Å²) < 4.78 is 0. The summed E-state index contributed by atoms with van der Waals surface area (Å²) in [6.45, 7) is 2.24. The third-order valence-corrected chi connectivity index (χ3v) is 3.03. The average molecular weight is 181 g/mol. The van der Waals surface area contributed by atoms with Gasteiger partial charge in [0.2, 0.25) is 0 Å². The van der Waals surface area contributed by atoms with E-state index in [-0.39, 0.29) is 0 Å². The third kappa shape index (κ3) is 1.95. The Kier molecular flexibility index (Phi) is 2.58. The van der Waals surface area contributed by atoms with Crippen molar-refractivity contribution in [2.75, 3.05) is 13.1 Å². The van der Waals surface area contributed by atoms with Crippen LogP contribution in [0.25, 0.3) is 0 Å². The molecular weight excluding hydrogens is 170 g/mol. The summed E-state index contributed by atoms with van der Waals surface area (Å²) in [7, 11) is 0. The second kappa shape index (κ2) is 3.87. The van der Waals surface area contributed by atoms with Crippen LogP contribution in [-0.4, -0.2) is 28.3 Å². The standard InChI is InChI=1S/C8H11N3S/c1-2-9-5-7(1)12-8-6-10-3-4-11-8/h3-4,6-7,9H,1-2,5H2/t7-/m0/s1. The molecule has 64 valence electrons. The van der Waals surface area contributed by atoms with Gasteiger partial charge in [0.05, 0.1) is 6.20 Å². The third-order valence-electron chi connectivity index (χ3n) is 1.84. The van der Waals surface area contributed by atoms with Crippen LogP contribution in [0.3, 0.4) is 0 Å². The summed E-state index contributed by atoms with van der Waals surface area (Å²) in [5, 5.41) is 5.04. The van der Waals surface area contributed by atoms with E-state index in [2.05, 4.69) is 15.3 Å². The number of thioether (sulfide) groups is 1. The fourth-order valence-corrected chi connectivity index (χ4v) is 2.27. The highest BCUT2D eigenvalue weighted by atomic mass is 32.2. The van der Waals surface area contributed by atoms with Gasteiger partial charge in [-0.1, -0.05) is 0 Å². The van der Waals surface area contributed by atoms with Crippen LogP contribution in [-0.2, 0) is 0 Å². The number of nitrogens with zero attached hydrogens (tertiary/aromatic N) is 2. The maximum atomic E-state index is 4.21. The Morgan fingerprint density at radius 3 is 3.17 bits per heavy atom. The molecule has 1 atom stereocenters. The molecule has 1 saturated heterocycles. The number of nitrogens with one attached hydrogen (secondary N) is 1. The molecule has 1 aliphatic rings. The molecule has 0 amide bonds. The molecule has 12 heavy (non-hydrogen) atoms. The van der Waals surface area contributed by atoms with E-state index >= 15 is 0 Å². The number of hydrogen-bond donors (Lipinski definition) is 1. The lowest BCUT2D eigenvalue weighted by Gasteiger charge is -2.05. The Hall–Kier alpha value is -0.610. The van der Waals surface area contributed by atoms with Crippen LogP contribution < -0.4 is 5.32 Å². The Balaban J connectivity index is 1.94. The Morgan fingerprint density at radius 2 is 2.50 bits per heavy atom. The first-order valence-electron chi connectivity index (χ1n) is 4.08. The van der Waals surface area contributed by atoms with Gasteiger partial charge in [-0.15, -0.1) is 11.8 Å². The van der Waals surface area contributed by atoms with E-state index in [4.69, 9.17) is 0 Å². The van der Waals surface area contributed by atoms with Crippen molar-refractivity contribution in [3.05, 3.63) is 18.6 Å². The first-order valence-corrected chi connectivity index (χ1v) is 4.96. The van der Waals surface area contributed by atoms with Gasteiger partial charge in [-0.3, -0.25) is 4.98 Å². The van der Waals surface area contributed by atoms with Crippen LogP contribution in [0.2, 0.25) is 0 Å². The van der Waals surface area contributed by atoms with Crippen LogP contribution in [0.15, 0.2) is 23.6 Å². The van der Waals surface area contributed by atoms with Gasteiger partial charge in [0.1, 0.15) is 5.03 Å². The minimum atomic E-state index is 0.682. The van der Waals surface area contributed by atoms with Crippen LogP contribution >= 0.6 is 11.8 Å². The Morgan fingerprint density at radius 1 is 1.50 bits per heavy atom. The van der Waals surface area contributed by atoms with E-state index in [0.29, 0.717) is 5.25 Å². The molecule has 0 aromatic carbocycles. The van der Waals surface area contributed by atoms with Crippen molar-refractivity contribution in [3.8, 4) is 0 Å². The van der Waals surface area contributed by atoms with Crippen molar-refractivity contribution >= 4 is 11.8 Å². The van der Waals surface area contributed by atoms with E-state index in [1.165, 1.54) is 6.42 Å². The number of hydrogen-bond acceptors (Lipinski definition) is 4. The zero-order chi connectivity index (χ0) is 8.23. The van der Waals surface area contributed by atoms with Crippen molar-refractivity contribution < 1.29 is 0 Å². The minimum absolute atomic E-state index is 0.682. The molecule has 1 aromatic rings. The molecule has 4 heteroatoms. The van der Waals surface area contributed by atoms with Crippen LogP contribution in [0.4, 0.5) is 0 Å². The molecular formula is C8H11N3S. The summed E-state index contributed by atoms with van der Waals surface area (Å²) in [5.74, 6) is 0. The smallest absolute Gasteiger partial charge is 0.115 e. The van der Waals surface area contributed by atoms with Gasteiger partial charge >= 0.3 is 0 Å². The predicted octanol–water partition coefficient (Wildman–Crippen LogP) is 0.931.